The van der Waals surface area contributed by atoms with Gasteiger partial charge in [0.15, 0.2) is 0 Å². The lowest BCUT2D eigenvalue weighted by Gasteiger charge is -2.34. The van der Waals surface area contributed by atoms with E-state index in [1.165, 1.54) is 0 Å². The molecule has 0 atom stereocenters. The van der Waals surface area contributed by atoms with Crippen molar-refractivity contribution in [2.24, 2.45) is 5.92 Å². The van der Waals surface area contributed by atoms with Gasteiger partial charge in [0.2, 0.25) is 0 Å². The summed E-state index contributed by atoms with van der Waals surface area (Å²) in [5.41, 5.74) is 0.988. The second kappa shape index (κ2) is 4.35. The van der Waals surface area contributed by atoms with Crippen LogP contribution in [0.15, 0.2) is 12.4 Å². The molecule has 0 radical (unpaired) electrons. The van der Waals surface area contributed by atoms with Gasteiger partial charge in [-0.1, -0.05) is 0 Å². The Morgan fingerprint density at radius 1 is 1.40 bits per heavy atom. The fourth-order valence-electron chi connectivity index (χ4n) is 2.05. The number of hydrogen-bond donors (Lipinski definition) is 0. The summed E-state index contributed by atoms with van der Waals surface area (Å²) in [7, 11) is 2.07. The number of rotatable bonds is 3. The van der Waals surface area contributed by atoms with Crippen molar-refractivity contribution >= 4 is 17.4 Å². The van der Waals surface area contributed by atoms with Crippen LogP contribution in [0.25, 0.3) is 0 Å². The maximum absolute atomic E-state index is 5.96. The highest BCUT2D eigenvalue weighted by molar-refractivity contribution is 6.21. The molecule has 4 heteroatoms. The van der Waals surface area contributed by atoms with Crippen LogP contribution in [-0.2, 0) is 0 Å². The predicted octanol–water partition coefficient (Wildman–Crippen LogP) is 2.24. The Kier molecular flexibility index (Phi) is 3.10. The van der Waals surface area contributed by atoms with E-state index in [0.29, 0.717) is 5.38 Å². The van der Waals surface area contributed by atoms with Gasteiger partial charge >= 0.3 is 0 Å². The molecule has 0 bridgehead atoms. The van der Waals surface area contributed by atoms with Gasteiger partial charge in [0.25, 0.3) is 0 Å². The molecule has 1 aliphatic carbocycles. The largest absolute Gasteiger partial charge is 0.358 e. The zero-order valence-corrected chi connectivity index (χ0v) is 9.91. The summed E-state index contributed by atoms with van der Waals surface area (Å²) in [5.74, 6) is 1.70. The molecule has 0 aromatic carbocycles. The number of hydrogen-bond acceptors (Lipinski definition) is 3. The first kappa shape index (κ1) is 10.7. The Labute approximate surface area is 95.5 Å². The fraction of sp³-hybridized carbons (Fsp3) is 0.636. The number of anilines is 1. The molecule has 1 aromatic heterocycles. The van der Waals surface area contributed by atoms with Gasteiger partial charge < -0.3 is 4.90 Å². The molecule has 0 aliphatic heterocycles. The van der Waals surface area contributed by atoms with E-state index in [-0.39, 0.29) is 0 Å². The maximum atomic E-state index is 5.96. The third kappa shape index (κ3) is 2.40. The Balaban J connectivity index is 1.96. The van der Waals surface area contributed by atoms with Crippen LogP contribution in [0.1, 0.15) is 18.5 Å². The number of aryl methyl sites for hydroxylation is 1. The van der Waals surface area contributed by atoms with Gasteiger partial charge in [-0.3, -0.25) is 4.98 Å². The highest BCUT2D eigenvalue weighted by Gasteiger charge is 2.28. The molecule has 0 amide bonds. The smallest absolute Gasteiger partial charge is 0.149 e. The van der Waals surface area contributed by atoms with E-state index in [1.807, 2.05) is 6.92 Å². The van der Waals surface area contributed by atoms with Crippen LogP contribution in [-0.4, -0.2) is 28.9 Å². The third-order valence-corrected chi connectivity index (χ3v) is 3.28. The van der Waals surface area contributed by atoms with E-state index >= 15 is 0 Å². The van der Waals surface area contributed by atoms with Gasteiger partial charge in [0.1, 0.15) is 5.82 Å². The van der Waals surface area contributed by atoms with E-state index in [4.69, 9.17) is 11.6 Å². The summed E-state index contributed by atoms with van der Waals surface area (Å²) in [5, 5.41) is 0.395. The van der Waals surface area contributed by atoms with Crippen LogP contribution in [0.3, 0.4) is 0 Å². The molecule has 1 heterocycles. The molecule has 15 heavy (non-hydrogen) atoms. The Hall–Kier alpha value is -0.830. The molecule has 1 aliphatic rings. The lowest BCUT2D eigenvalue weighted by atomic mass is 9.84. The highest BCUT2D eigenvalue weighted by atomic mass is 35.5. The third-order valence-electron chi connectivity index (χ3n) is 2.93. The summed E-state index contributed by atoms with van der Waals surface area (Å²) < 4.78 is 0. The fourth-order valence-corrected chi connectivity index (χ4v) is 2.56. The van der Waals surface area contributed by atoms with Crippen LogP contribution < -0.4 is 4.90 Å². The Morgan fingerprint density at radius 2 is 2.07 bits per heavy atom. The molecular weight excluding hydrogens is 210 g/mol. The van der Waals surface area contributed by atoms with Crippen molar-refractivity contribution in [3.05, 3.63) is 18.1 Å². The van der Waals surface area contributed by atoms with Crippen LogP contribution >= 0.6 is 11.6 Å². The van der Waals surface area contributed by atoms with Gasteiger partial charge in [-0.25, -0.2) is 4.98 Å². The van der Waals surface area contributed by atoms with Crippen LogP contribution in [0.5, 0.6) is 0 Å². The summed E-state index contributed by atoms with van der Waals surface area (Å²) in [6.45, 7) is 3.02. The van der Waals surface area contributed by atoms with Crippen molar-refractivity contribution in [3.63, 3.8) is 0 Å². The van der Waals surface area contributed by atoms with Gasteiger partial charge in [-0.05, 0) is 25.7 Å². The summed E-state index contributed by atoms with van der Waals surface area (Å²) in [6, 6.07) is 0. The predicted molar refractivity (Wildman–Crippen MR) is 62.4 cm³/mol. The Morgan fingerprint density at radius 3 is 2.67 bits per heavy atom. The zero-order chi connectivity index (χ0) is 10.8. The molecule has 1 saturated carbocycles. The number of aromatic nitrogens is 2. The topological polar surface area (TPSA) is 29.0 Å². The highest BCUT2D eigenvalue weighted by Crippen LogP contribution is 2.33. The second-order valence-electron chi connectivity index (χ2n) is 4.28. The normalized spacial score (nSPS) is 24.7. The van der Waals surface area contributed by atoms with E-state index in [0.717, 1.165) is 36.8 Å². The van der Waals surface area contributed by atoms with Crippen molar-refractivity contribution < 1.29 is 0 Å². The number of nitrogens with zero attached hydrogens (tertiary/aromatic N) is 3. The van der Waals surface area contributed by atoms with Crippen molar-refractivity contribution in [1.29, 1.82) is 0 Å². The van der Waals surface area contributed by atoms with Crippen LogP contribution in [0.4, 0.5) is 5.82 Å². The van der Waals surface area contributed by atoms with Crippen LogP contribution in [0, 0.1) is 12.8 Å². The first-order chi connectivity index (χ1) is 7.16. The van der Waals surface area contributed by atoms with E-state index in [2.05, 4.69) is 21.9 Å². The van der Waals surface area contributed by atoms with E-state index in [1.54, 1.807) is 12.4 Å². The molecule has 3 nitrogen and oxygen atoms in total. The average molecular weight is 226 g/mol. The molecule has 0 N–H and O–H groups in total. The minimum absolute atomic E-state index is 0.395. The molecule has 0 saturated heterocycles. The quantitative estimate of drug-likeness (QED) is 0.739. The van der Waals surface area contributed by atoms with Crippen LogP contribution in [0.2, 0.25) is 0 Å². The lowest BCUT2D eigenvalue weighted by molar-refractivity contribution is 0.328. The molecule has 82 valence electrons. The summed E-state index contributed by atoms with van der Waals surface area (Å²) in [6.07, 6.45) is 5.73. The average Bonchev–Trinajstić information content (AvgIpc) is 2.16. The first-order valence-corrected chi connectivity index (χ1v) is 5.73. The monoisotopic (exact) mass is 225 g/mol. The van der Waals surface area contributed by atoms with Crippen molar-refractivity contribution in [2.75, 3.05) is 18.5 Å². The number of alkyl halides is 1. The molecule has 0 unspecified atom stereocenters. The lowest BCUT2D eigenvalue weighted by Crippen LogP contribution is -2.35. The minimum Gasteiger partial charge on any atom is -0.358 e. The molecular formula is C11H16ClN3. The summed E-state index contributed by atoms with van der Waals surface area (Å²) in [4.78, 5) is 10.8. The standard InChI is InChI=1S/C11H16ClN3/c1-8-11(14-4-3-13-8)15(2)7-9-5-10(12)6-9/h3-4,9-10H,5-7H2,1-2H3. The van der Waals surface area contributed by atoms with Gasteiger partial charge in [-0.2, -0.15) is 0 Å². The number of halogens is 1. The SMILES string of the molecule is Cc1nccnc1N(C)CC1CC(Cl)C1. The van der Waals surface area contributed by atoms with Crippen molar-refractivity contribution in [3.8, 4) is 0 Å². The minimum atomic E-state index is 0.395. The van der Waals surface area contributed by atoms with Gasteiger partial charge in [0, 0.05) is 31.4 Å². The maximum Gasteiger partial charge on any atom is 0.149 e. The zero-order valence-electron chi connectivity index (χ0n) is 9.15. The van der Waals surface area contributed by atoms with E-state index in [9.17, 15) is 0 Å². The molecule has 1 aromatic rings. The Bertz CT molecular complexity index is 336. The van der Waals surface area contributed by atoms with E-state index < -0.39 is 0 Å². The van der Waals surface area contributed by atoms with Crippen molar-refractivity contribution in [2.45, 2.75) is 25.1 Å². The molecule has 1 fully saturated rings. The molecule has 2 rings (SSSR count). The van der Waals surface area contributed by atoms with Crippen molar-refractivity contribution in [1.82, 2.24) is 9.97 Å². The molecule has 0 spiro atoms. The second-order valence-corrected chi connectivity index (χ2v) is 4.90. The van der Waals surface area contributed by atoms with Gasteiger partial charge in [0.05, 0.1) is 5.69 Å². The first-order valence-electron chi connectivity index (χ1n) is 5.29. The summed E-state index contributed by atoms with van der Waals surface area (Å²) >= 11 is 5.96. The van der Waals surface area contributed by atoms with Gasteiger partial charge in [-0.15, -0.1) is 11.6 Å².